The molecule has 0 aromatic heterocycles. The molecule has 0 amide bonds. The summed E-state index contributed by atoms with van der Waals surface area (Å²) < 4.78 is 40.9. The second-order valence-electron chi connectivity index (χ2n) is 5.93. The summed E-state index contributed by atoms with van der Waals surface area (Å²) in [6, 6.07) is 3.45. The minimum absolute atomic E-state index is 0.139. The molecule has 0 heterocycles. The van der Waals surface area contributed by atoms with Crippen molar-refractivity contribution < 1.29 is 12.8 Å². The molecule has 4 nitrogen and oxygen atoms in total. The first kappa shape index (κ1) is 15.3. The second-order valence-corrected chi connectivity index (χ2v) is 7.61. The molecule has 6 heteroatoms. The molecule has 1 aromatic carbocycles. The zero-order valence-electron chi connectivity index (χ0n) is 11.8. The number of benzene rings is 1. The van der Waals surface area contributed by atoms with Gasteiger partial charge in [-0.05, 0) is 49.3 Å². The summed E-state index contributed by atoms with van der Waals surface area (Å²) in [7, 11) is -3.86. The van der Waals surface area contributed by atoms with Crippen LogP contribution in [0.3, 0.4) is 0 Å². The summed E-state index contributed by atoms with van der Waals surface area (Å²) in [4.78, 5) is -0.372. The van der Waals surface area contributed by atoms with Gasteiger partial charge in [0, 0.05) is 11.7 Å². The number of sulfonamides is 1. The minimum atomic E-state index is -3.86. The van der Waals surface area contributed by atoms with Crippen LogP contribution in [0.25, 0.3) is 0 Å². The predicted octanol–water partition coefficient (Wildman–Crippen LogP) is 2.51. The zero-order chi connectivity index (χ0) is 14.9. The van der Waals surface area contributed by atoms with Crippen molar-refractivity contribution >= 4 is 15.7 Å². The Balaban J connectivity index is 2.21. The number of rotatable bonds is 3. The lowest BCUT2D eigenvalue weighted by atomic mass is 9.81. The van der Waals surface area contributed by atoms with E-state index in [9.17, 15) is 12.8 Å². The van der Waals surface area contributed by atoms with Gasteiger partial charge in [0.25, 0.3) is 0 Å². The number of nitrogen functional groups attached to an aromatic ring is 1. The van der Waals surface area contributed by atoms with E-state index in [1.165, 1.54) is 6.07 Å². The Morgan fingerprint density at radius 2 is 1.80 bits per heavy atom. The molecule has 0 aliphatic heterocycles. The number of halogens is 1. The highest BCUT2D eigenvalue weighted by molar-refractivity contribution is 7.89. The Bertz CT molecular complexity index is 579. The highest BCUT2D eigenvalue weighted by Crippen LogP contribution is 2.29. The Hall–Kier alpha value is -1.14. The lowest BCUT2D eigenvalue weighted by Gasteiger charge is -2.31. The molecule has 0 bridgehead atoms. The SMILES string of the molecule is CC1CC(C)CC(NS(=O)(=O)c2cc(N)ccc2F)C1. The lowest BCUT2D eigenvalue weighted by molar-refractivity contribution is 0.257. The van der Waals surface area contributed by atoms with E-state index in [0.717, 1.165) is 31.4 Å². The van der Waals surface area contributed by atoms with Crippen LogP contribution in [0, 0.1) is 17.7 Å². The maximum Gasteiger partial charge on any atom is 0.243 e. The molecular formula is C14H21FN2O2S. The molecule has 0 spiro atoms. The number of hydrogen-bond donors (Lipinski definition) is 2. The standard InChI is InChI=1S/C14H21FN2O2S/c1-9-5-10(2)7-12(6-9)17-20(18,19)14-8-11(16)3-4-13(14)15/h3-4,8-10,12,17H,5-7,16H2,1-2H3. The Kier molecular flexibility index (Phi) is 4.34. The molecule has 1 saturated carbocycles. The Labute approximate surface area is 119 Å². The molecule has 1 fully saturated rings. The lowest BCUT2D eigenvalue weighted by Crippen LogP contribution is -2.40. The van der Waals surface area contributed by atoms with Crippen LogP contribution in [-0.2, 0) is 10.0 Å². The van der Waals surface area contributed by atoms with Crippen LogP contribution in [0.4, 0.5) is 10.1 Å². The minimum Gasteiger partial charge on any atom is -0.399 e. The maximum absolute atomic E-state index is 13.7. The highest BCUT2D eigenvalue weighted by atomic mass is 32.2. The van der Waals surface area contributed by atoms with Crippen molar-refractivity contribution in [3.63, 3.8) is 0 Å². The van der Waals surface area contributed by atoms with Crippen molar-refractivity contribution in [1.82, 2.24) is 4.72 Å². The highest BCUT2D eigenvalue weighted by Gasteiger charge is 2.29. The van der Waals surface area contributed by atoms with Crippen LogP contribution in [-0.4, -0.2) is 14.5 Å². The summed E-state index contributed by atoms with van der Waals surface area (Å²) in [5, 5.41) is 0. The summed E-state index contributed by atoms with van der Waals surface area (Å²) >= 11 is 0. The molecule has 1 aliphatic rings. The van der Waals surface area contributed by atoms with Crippen LogP contribution in [0.1, 0.15) is 33.1 Å². The van der Waals surface area contributed by atoms with E-state index in [2.05, 4.69) is 18.6 Å². The molecule has 1 aliphatic carbocycles. The van der Waals surface area contributed by atoms with Gasteiger partial charge in [-0.15, -0.1) is 0 Å². The van der Waals surface area contributed by atoms with Crippen LogP contribution in [0.15, 0.2) is 23.1 Å². The van der Waals surface area contributed by atoms with Gasteiger partial charge in [0.15, 0.2) is 0 Å². The number of hydrogen-bond acceptors (Lipinski definition) is 3. The van der Waals surface area contributed by atoms with Gasteiger partial charge in [0.1, 0.15) is 10.7 Å². The van der Waals surface area contributed by atoms with Crippen LogP contribution >= 0.6 is 0 Å². The van der Waals surface area contributed by atoms with E-state index in [4.69, 9.17) is 5.73 Å². The maximum atomic E-state index is 13.7. The van der Waals surface area contributed by atoms with Gasteiger partial charge in [0.05, 0.1) is 0 Å². The monoisotopic (exact) mass is 300 g/mol. The van der Waals surface area contributed by atoms with Crippen molar-refractivity contribution in [2.24, 2.45) is 11.8 Å². The molecule has 2 rings (SSSR count). The quantitative estimate of drug-likeness (QED) is 0.843. The smallest absolute Gasteiger partial charge is 0.243 e. The van der Waals surface area contributed by atoms with Crippen molar-refractivity contribution in [2.75, 3.05) is 5.73 Å². The van der Waals surface area contributed by atoms with Crippen LogP contribution < -0.4 is 10.5 Å². The summed E-state index contributed by atoms with van der Waals surface area (Å²) in [6.07, 6.45) is 2.67. The molecule has 2 unspecified atom stereocenters. The Morgan fingerprint density at radius 3 is 2.40 bits per heavy atom. The third-order valence-electron chi connectivity index (χ3n) is 3.75. The molecule has 1 aromatic rings. The number of anilines is 1. The van der Waals surface area contributed by atoms with E-state index in [1.807, 2.05) is 0 Å². The van der Waals surface area contributed by atoms with Crippen LogP contribution in [0.5, 0.6) is 0 Å². The van der Waals surface area contributed by atoms with Gasteiger partial charge >= 0.3 is 0 Å². The second kappa shape index (κ2) is 5.69. The number of nitrogens with one attached hydrogen (secondary N) is 1. The third kappa shape index (κ3) is 3.49. The predicted molar refractivity (Wildman–Crippen MR) is 77.1 cm³/mol. The summed E-state index contributed by atoms with van der Waals surface area (Å²) in [5.74, 6) is 0.165. The normalized spacial score (nSPS) is 27.4. The van der Waals surface area contributed by atoms with E-state index in [1.54, 1.807) is 0 Å². The molecule has 112 valence electrons. The number of nitrogens with two attached hydrogens (primary N) is 1. The average Bonchev–Trinajstić information content (AvgIpc) is 2.30. The van der Waals surface area contributed by atoms with E-state index < -0.39 is 15.8 Å². The van der Waals surface area contributed by atoms with Crippen LogP contribution in [0.2, 0.25) is 0 Å². The van der Waals surface area contributed by atoms with Crippen molar-refractivity contribution in [1.29, 1.82) is 0 Å². The third-order valence-corrected chi connectivity index (χ3v) is 5.28. The zero-order valence-corrected chi connectivity index (χ0v) is 12.6. The molecule has 3 N–H and O–H groups in total. The molecule has 0 radical (unpaired) electrons. The molecule has 0 saturated heterocycles. The van der Waals surface area contributed by atoms with E-state index >= 15 is 0 Å². The van der Waals surface area contributed by atoms with Crippen molar-refractivity contribution in [3.8, 4) is 0 Å². The van der Waals surface area contributed by atoms with Gasteiger partial charge in [-0.3, -0.25) is 0 Å². The first-order valence-corrected chi connectivity index (χ1v) is 8.33. The Morgan fingerprint density at radius 1 is 1.20 bits per heavy atom. The van der Waals surface area contributed by atoms with Gasteiger partial charge < -0.3 is 5.73 Å². The fourth-order valence-electron chi connectivity index (χ4n) is 3.05. The van der Waals surface area contributed by atoms with E-state index in [0.29, 0.717) is 11.8 Å². The first-order valence-electron chi connectivity index (χ1n) is 6.85. The van der Waals surface area contributed by atoms with Crippen molar-refractivity contribution in [2.45, 2.75) is 44.0 Å². The topological polar surface area (TPSA) is 72.2 Å². The fraction of sp³-hybridized carbons (Fsp3) is 0.571. The summed E-state index contributed by atoms with van der Waals surface area (Å²) in [5.41, 5.74) is 5.78. The molecule has 20 heavy (non-hydrogen) atoms. The summed E-state index contributed by atoms with van der Waals surface area (Å²) in [6.45, 7) is 4.22. The molecular weight excluding hydrogens is 279 g/mol. The van der Waals surface area contributed by atoms with Gasteiger partial charge in [-0.25, -0.2) is 17.5 Å². The average molecular weight is 300 g/mol. The fourth-order valence-corrected chi connectivity index (χ4v) is 4.43. The largest absolute Gasteiger partial charge is 0.399 e. The molecule has 2 atom stereocenters. The van der Waals surface area contributed by atoms with Gasteiger partial charge in [-0.2, -0.15) is 0 Å². The van der Waals surface area contributed by atoms with Gasteiger partial charge in [0.2, 0.25) is 10.0 Å². The first-order chi connectivity index (χ1) is 9.28. The van der Waals surface area contributed by atoms with E-state index in [-0.39, 0.29) is 16.6 Å². The van der Waals surface area contributed by atoms with Gasteiger partial charge in [-0.1, -0.05) is 13.8 Å². The van der Waals surface area contributed by atoms with Crippen molar-refractivity contribution in [3.05, 3.63) is 24.0 Å².